The first kappa shape index (κ1) is 44.9. The summed E-state index contributed by atoms with van der Waals surface area (Å²) in [5.41, 5.74) is 0.499. The number of anilines is 1. The second kappa shape index (κ2) is 23.5. The monoisotopic (exact) mass is 808 g/mol. The average Bonchev–Trinajstić information content (AvgIpc) is 3.70. The first-order valence-corrected chi connectivity index (χ1v) is 21.8. The van der Waals surface area contributed by atoms with E-state index in [1.807, 2.05) is 0 Å². The second-order valence-electron chi connectivity index (χ2n) is 14.3. The van der Waals surface area contributed by atoms with Crippen molar-refractivity contribution < 1.29 is 37.4 Å². The summed E-state index contributed by atoms with van der Waals surface area (Å²) in [5.74, 6) is -1.82. The zero-order chi connectivity index (χ0) is 41.0. The summed E-state index contributed by atoms with van der Waals surface area (Å²) in [4.78, 5) is 44.5. The van der Waals surface area contributed by atoms with Crippen molar-refractivity contribution in [2.75, 3.05) is 39.2 Å². The van der Waals surface area contributed by atoms with Gasteiger partial charge >= 0.3 is 5.97 Å². The molecule has 1 atom stereocenters. The molecule has 3 aromatic rings. The molecule has 312 valence electrons. The molecule has 0 radical (unpaired) electrons. The van der Waals surface area contributed by atoms with Crippen LogP contribution in [0.25, 0.3) is 0 Å². The van der Waals surface area contributed by atoms with E-state index in [-0.39, 0.29) is 58.7 Å². The highest BCUT2D eigenvalue weighted by molar-refractivity contribution is 7.90. The van der Waals surface area contributed by atoms with Gasteiger partial charge < -0.3 is 25.2 Å². The van der Waals surface area contributed by atoms with Gasteiger partial charge in [-0.25, -0.2) is 18.2 Å². The molecule has 14 nitrogen and oxygen atoms in total. The van der Waals surface area contributed by atoms with E-state index >= 15 is 0 Å². The molecule has 0 bridgehead atoms. The van der Waals surface area contributed by atoms with Crippen LogP contribution in [0.15, 0.2) is 64.7 Å². The number of sulfonamides is 1. The summed E-state index contributed by atoms with van der Waals surface area (Å²) in [6, 6.07) is 9.21. The number of carbonyl (C=O) groups excluding carboxylic acids is 3. The molecule has 0 fully saturated rings. The Balaban J connectivity index is 1.51. The van der Waals surface area contributed by atoms with E-state index in [0.29, 0.717) is 6.42 Å². The SMILES string of the molecule is CCCCCCCCCCCCCCCCCCN1C(C(C(=O)Nc2cc(C(=O)OC)ccc2OC)n2cc(C(=O)NCCO)cn2)=Nc2ccccc2S1(=O)=O. The number of aliphatic imine (C=N–C) groups is 1. The second-order valence-corrected chi connectivity index (χ2v) is 16.1. The van der Waals surface area contributed by atoms with Gasteiger partial charge in [0, 0.05) is 19.3 Å². The van der Waals surface area contributed by atoms with Crippen molar-refractivity contribution in [3.63, 3.8) is 0 Å². The minimum atomic E-state index is -4.18. The Morgan fingerprint density at radius 1 is 0.825 bits per heavy atom. The number of rotatable bonds is 26. The molecule has 1 aromatic heterocycles. The van der Waals surface area contributed by atoms with Crippen molar-refractivity contribution in [3.05, 3.63) is 66.0 Å². The van der Waals surface area contributed by atoms with E-state index in [0.717, 1.165) is 25.7 Å². The number of fused-ring (bicyclic) bond motifs is 1. The number of benzene rings is 2. The number of nitrogens with one attached hydrogen (secondary N) is 2. The van der Waals surface area contributed by atoms with Gasteiger partial charge in [0.25, 0.3) is 21.8 Å². The number of aliphatic hydroxyl groups excluding tert-OH is 1. The Labute approximate surface area is 337 Å². The fourth-order valence-corrected chi connectivity index (χ4v) is 8.52. The number of aromatic nitrogens is 2. The number of ether oxygens (including phenoxy) is 2. The molecule has 0 aliphatic carbocycles. The van der Waals surface area contributed by atoms with Crippen LogP contribution in [0.3, 0.4) is 0 Å². The molecule has 1 aliphatic heterocycles. The maximum absolute atomic E-state index is 14.5. The van der Waals surface area contributed by atoms with E-state index < -0.39 is 33.8 Å². The molecule has 2 amide bonds. The van der Waals surface area contributed by atoms with Crippen molar-refractivity contribution >= 4 is 45.0 Å². The number of hydrogen-bond acceptors (Lipinski definition) is 10. The highest BCUT2D eigenvalue weighted by Crippen LogP contribution is 2.36. The number of methoxy groups -OCH3 is 2. The van der Waals surface area contributed by atoms with Crippen LogP contribution in [0.1, 0.15) is 136 Å². The largest absolute Gasteiger partial charge is 0.495 e. The van der Waals surface area contributed by atoms with Crippen LogP contribution in [0, 0.1) is 0 Å². The lowest BCUT2D eigenvalue weighted by molar-refractivity contribution is -0.117. The number of amides is 2. The first-order valence-electron chi connectivity index (χ1n) is 20.4. The predicted octanol–water partition coefficient (Wildman–Crippen LogP) is 7.58. The molecule has 2 heterocycles. The Morgan fingerprint density at radius 3 is 2.04 bits per heavy atom. The van der Waals surface area contributed by atoms with Crippen LogP contribution in [-0.4, -0.2) is 85.1 Å². The minimum absolute atomic E-state index is 0.000913. The highest BCUT2D eigenvalue weighted by atomic mass is 32.2. The first-order chi connectivity index (χ1) is 27.7. The number of amidine groups is 1. The lowest BCUT2D eigenvalue weighted by Crippen LogP contribution is -2.47. The molecule has 57 heavy (non-hydrogen) atoms. The number of esters is 1. The number of carbonyl (C=O) groups is 3. The van der Waals surface area contributed by atoms with Crippen LogP contribution in [0.2, 0.25) is 0 Å². The van der Waals surface area contributed by atoms with Gasteiger partial charge in [-0.3, -0.25) is 18.6 Å². The van der Waals surface area contributed by atoms with Gasteiger partial charge in [0.2, 0.25) is 0 Å². The third-order valence-electron chi connectivity index (χ3n) is 10.0. The van der Waals surface area contributed by atoms with Crippen molar-refractivity contribution in [1.82, 2.24) is 19.4 Å². The number of aliphatic hydroxyl groups is 1. The zero-order valence-corrected chi connectivity index (χ0v) is 34.5. The van der Waals surface area contributed by atoms with Crippen molar-refractivity contribution in [1.29, 1.82) is 0 Å². The van der Waals surface area contributed by atoms with Gasteiger partial charge in [0.15, 0.2) is 11.9 Å². The van der Waals surface area contributed by atoms with Crippen LogP contribution < -0.4 is 15.4 Å². The molecule has 0 saturated heterocycles. The van der Waals surface area contributed by atoms with Crippen LogP contribution in [-0.2, 0) is 19.6 Å². The Hall–Kier alpha value is -4.76. The number of nitrogens with zero attached hydrogens (tertiary/aromatic N) is 4. The quantitative estimate of drug-likeness (QED) is 0.0544. The van der Waals surface area contributed by atoms with E-state index in [1.54, 1.807) is 18.2 Å². The van der Waals surface area contributed by atoms with Crippen LogP contribution in [0.4, 0.5) is 11.4 Å². The van der Waals surface area contributed by atoms with E-state index in [2.05, 4.69) is 22.7 Å². The highest BCUT2D eigenvalue weighted by Gasteiger charge is 2.41. The number of hydrogen-bond donors (Lipinski definition) is 3. The van der Waals surface area contributed by atoms with Crippen molar-refractivity contribution in [2.45, 2.75) is 121 Å². The lowest BCUT2D eigenvalue weighted by Gasteiger charge is -2.33. The van der Waals surface area contributed by atoms with E-state index in [9.17, 15) is 27.9 Å². The molecule has 3 N–H and O–H groups in total. The zero-order valence-electron chi connectivity index (χ0n) is 33.7. The summed E-state index contributed by atoms with van der Waals surface area (Å²) in [6.45, 7) is 2.03. The van der Waals surface area contributed by atoms with E-state index in [1.165, 1.54) is 130 Å². The molecule has 4 rings (SSSR count). The maximum atomic E-state index is 14.5. The van der Waals surface area contributed by atoms with Crippen LogP contribution >= 0.6 is 0 Å². The summed E-state index contributed by atoms with van der Waals surface area (Å²) in [5, 5.41) is 18.9. The van der Waals surface area contributed by atoms with Gasteiger partial charge in [-0.05, 0) is 36.8 Å². The smallest absolute Gasteiger partial charge is 0.337 e. The van der Waals surface area contributed by atoms with Gasteiger partial charge in [-0.15, -0.1) is 0 Å². The topological polar surface area (TPSA) is 182 Å². The normalized spacial score (nSPS) is 13.7. The molecule has 1 unspecified atom stereocenters. The summed E-state index contributed by atoms with van der Waals surface area (Å²) in [7, 11) is -1.54. The van der Waals surface area contributed by atoms with Crippen molar-refractivity contribution in [3.8, 4) is 5.75 Å². The van der Waals surface area contributed by atoms with Gasteiger partial charge in [0.05, 0.1) is 49.5 Å². The number of para-hydroxylation sites is 1. The molecule has 0 spiro atoms. The fraction of sp³-hybridized carbons (Fsp3) is 0.548. The molecule has 1 aliphatic rings. The van der Waals surface area contributed by atoms with Gasteiger partial charge in [-0.2, -0.15) is 5.10 Å². The summed E-state index contributed by atoms with van der Waals surface area (Å²) < 4.78 is 41.3. The Morgan fingerprint density at radius 2 is 1.44 bits per heavy atom. The Kier molecular flexibility index (Phi) is 18.5. The standard InChI is InChI=1S/C42H60N6O8S/c1-4-5-6-7-8-9-10-11-12-13-14-15-16-17-18-21-27-48-39(45-34-22-19-20-23-37(34)57(48,53)54)38(47-31-33(30-44-47)40(50)43-26-28-49)41(51)46-35-29-32(42(52)56-3)24-25-36(35)55-2/h19-20,22-25,29-31,38,49H,4-18,21,26-28H2,1-3H3,(H,43,50)(H,46,51). The van der Waals surface area contributed by atoms with Crippen molar-refractivity contribution in [2.24, 2.45) is 4.99 Å². The molecule has 2 aromatic carbocycles. The molecular formula is C42H60N6O8S. The lowest BCUT2D eigenvalue weighted by atomic mass is 10.0. The minimum Gasteiger partial charge on any atom is -0.495 e. The van der Waals surface area contributed by atoms with Gasteiger partial charge in [0.1, 0.15) is 10.6 Å². The van der Waals surface area contributed by atoms with E-state index in [4.69, 9.17) is 14.5 Å². The fourth-order valence-electron chi connectivity index (χ4n) is 6.90. The average molecular weight is 809 g/mol. The number of unbranched alkanes of at least 4 members (excludes halogenated alkanes) is 15. The molecule has 0 saturated carbocycles. The third kappa shape index (κ3) is 12.9. The summed E-state index contributed by atoms with van der Waals surface area (Å²) >= 11 is 0. The predicted molar refractivity (Wildman–Crippen MR) is 221 cm³/mol. The van der Waals surface area contributed by atoms with Gasteiger partial charge in [-0.1, -0.05) is 115 Å². The Bertz CT molecular complexity index is 1900. The summed E-state index contributed by atoms with van der Waals surface area (Å²) in [6.07, 6.45) is 21.4. The molecular weight excluding hydrogens is 749 g/mol. The third-order valence-corrected chi connectivity index (χ3v) is 11.9. The molecule has 15 heteroatoms. The van der Waals surface area contributed by atoms with Crippen LogP contribution in [0.5, 0.6) is 5.75 Å². The maximum Gasteiger partial charge on any atom is 0.337 e.